The second-order valence-electron chi connectivity index (χ2n) is 11.6. The van der Waals surface area contributed by atoms with Crippen LogP contribution >= 0.6 is 15.9 Å². The number of rotatable bonds is 12. The van der Waals surface area contributed by atoms with Crippen molar-refractivity contribution in [1.82, 2.24) is 10.2 Å². The van der Waals surface area contributed by atoms with Crippen molar-refractivity contribution in [3.63, 3.8) is 0 Å². The van der Waals surface area contributed by atoms with Gasteiger partial charge in [0.15, 0.2) is 0 Å². The highest BCUT2D eigenvalue weighted by Gasteiger charge is 2.35. The van der Waals surface area contributed by atoms with Crippen LogP contribution in [0.15, 0.2) is 106 Å². The van der Waals surface area contributed by atoms with Crippen LogP contribution in [0.1, 0.15) is 41.7 Å². The number of aryl methyl sites for hydroxylation is 3. The van der Waals surface area contributed by atoms with Crippen LogP contribution in [0.4, 0.5) is 5.69 Å². The molecule has 0 saturated heterocycles. The Morgan fingerprint density at radius 3 is 2.04 bits per heavy atom. The number of amides is 2. The molecular weight excluding hydrogens is 650 g/mol. The molecule has 2 amide bonds. The van der Waals surface area contributed by atoms with Crippen molar-refractivity contribution in [1.29, 1.82) is 0 Å². The fourth-order valence-electron chi connectivity index (χ4n) is 5.06. The number of anilines is 1. The van der Waals surface area contributed by atoms with Crippen LogP contribution in [0, 0.1) is 20.8 Å². The summed E-state index contributed by atoms with van der Waals surface area (Å²) >= 11 is 3.47. The van der Waals surface area contributed by atoms with E-state index in [-0.39, 0.29) is 29.8 Å². The molecule has 4 aromatic rings. The molecule has 0 unspecified atom stereocenters. The van der Waals surface area contributed by atoms with Gasteiger partial charge in [-0.05, 0) is 87.2 Å². The predicted molar refractivity (Wildman–Crippen MR) is 184 cm³/mol. The Hall–Kier alpha value is -3.95. The van der Waals surface area contributed by atoms with E-state index in [0.29, 0.717) is 11.3 Å². The van der Waals surface area contributed by atoms with Crippen LogP contribution in [0.3, 0.4) is 0 Å². The maximum Gasteiger partial charge on any atom is 0.264 e. The van der Waals surface area contributed by atoms with Gasteiger partial charge in [0.2, 0.25) is 11.8 Å². The van der Waals surface area contributed by atoms with Crippen molar-refractivity contribution in [2.45, 2.75) is 64.6 Å². The first-order chi connectivity index (χ1) is 21.3. The third kappa shape index (κ3) is 8.83. The van der Waals surface area contributed by atoms with E-state index in [9.17, 15) is 18.0 Å². The van der Waals surface area contributed by atoms with E-state index in [0.717, 1.165) is 26.7 Å². The van der Waals surface area contributed by atoms with Crippen LogP contribution in [-0.2, 0) is 32.6 Å². The van der Waals surface area contributed by atoms with E-state index in [1.165, 1.54) is 9.21 Å². The van der Waals surface area contributed by atoms with Gasteiger partial charge in [-0.15, -0.1) is 0 Å². The van der Waals surface area contributed by atoms with E-state index < -0.39 is 28.5 Å². The zero-order valence-corrected chi connectivity index (χ0v) is 28.7. The van der Waals surface area contributed by atoms with Gasteiger partial charge in [0.25, 0.3) is 10.0 Å². The average Bonchev–Trinajstić information content (AvgIpc) is 3.00. The first kappa shape index (κ1) is 33.9. The summed E-state index contributed by atoms with van der Waals surface area (Å²) in [6, 6.07) is 28.1. The first-order valence-electron chi connectivity index (χ1n) is 14.9. The van der Waals surface area contributed by atoms with Crippen LogP contribution in [0.2, 0.25) is 0 Å². The Labute approximate surface area is 275 Å². The third-order valence-electron chi connectivity index (χ3n) is 7.49. The minimum Gasteiger partial charge on any atom is -0.352 e. The molecule has 9 heteroatoms. The number of benzene rings is 4. The lowest BCUT2D eigenvalue weighted by atomic mass is 10.0. The SMILES string of the molecule is Cc1ccc(S(=O)(=O)N(CC(=O)N(Cc2ccc(Br)cc2)[C@H](Cc2ccccc2)C(=O)NC(C)C)c2cc(C)ccc2C)cc1. The molecule has 236 valence electrons. The third-order valence-corrected chi connectivity index (χ3v) is 9.79. The molecule has 4 rings (SSSR count). The molecule has 0 saturated carbocycles. The monoisotopic (exact) mass is 689 g/mol. The Morgan fingerprint density at radius 1 is 0.800 bits per heavy atom. The van der Waals surface area contributed by atoms with Gasteiger partial charge in [-0.2, -0.15) is 0 Å². The molecule has 0 aliphatic heterocycles. The van der Waals surface area contributed by atoms with Crippen molar-refractivity contribution in [2.24, 2.45) is 0 Å². The van der Waals surface area contributed by atoms with Gasteiger partial charge in [0.05, 0.1) is 10.6 Å². The summed E-state index contributed by atoms with van der Waals surface area (Å²) in [6.45, 7) is 8.96. The highest BCUT2D eigenvalue weighted by atomic mass is 79.9. The molecule has 0 radical (unpaired) electrons. The van der Waals surface area contributed by atoms with Crippen LogP contribution in [0.25, 0.3) is 0 Å². The topological polar surface area (TPSA) is 86.8 Å². The molecule has 0 aliphatic rings. The molecule has 0 spiro atoms. The Kier molecular flexibility index (Phi) is 11.2. The van der Waals surface area contributed by atoms with E-state index in [1.54, 1.807) is 30.3 Å². The van der Waals surface area contributed by atoms with Crippen molar-refractivity contribution in [2.75, 3.05) is 10.8 Å². The minimum absolute atomic E-state index is 0.0830. The molecule has 0 fully saturated rings. The zero-order valence-electron chi connectivity index (χ0n) is 26.3. The number of nitrogens with one attached hydrogen (secondary N) is 1. The summed E-state index contributed by atoms with van der Waals surface area (Å²) in [5, 5.41) is 2.98. The molecule has 0 aliphatic carbocycles. The highest BCUT2D eigenvalue weighted by molar-refractivity contribution is 9.10. The molecule has 0 heterocycles. The number of sulfonamides is 1. The number of nitrogens with zero attached hydrogens (tertiary/aromatic N) is 2. The lowest BCUT2D eigenvalue weighted by Gasteiger charge is -2.34. The molecular formula is C36H40BrN3O4S. The zero-order chi connectivity index (χ0) is 32.7. The molecule has 1 atom stereocenters. The number of halogens is 1. The molecule has 0 aromatic heterocycles. The number of hydrogen-bond acceptors (Lipinski definition) is 4. The summed E-state index contributed by atoms with van der Waals surface area (Å²) in [5.41, 5.74) is 4.59. The van der Waals surface area contributed by atoms with E-state index in [2.05, 4.69) is 21.2 Å². The quantitative estimate of drug-likeness (QED) is 0.179. The second-order valence-corrected chi connectivity index (χ2v) is 14.4. The predicted octanol–water partition coefficient (Wildman–Crippen LogP) is 6.73. The fourth-order valence-corrected chi connectivity index (χ4v) is 6.79. The average molecular weight is 691 g/mol. The van der Waals surface area contributed by atoms with Gasteiger partial charge in [-0.1, -0.05) is 88.2 Å². The minimum atomic E-state index is -4.16. The summed E-state index contributed by atoms with van der Waals surface area (Å²) in [5.74, 6) is -0.798. The van der Waals surface area contributed by atoms with Crippen LogP contribution < -0.4 is 9.62 Å². The van der Waals surface area contributed by atoms with Crippen molar-refractivity contribution in [3.8, 4) is 0 Å². The standard InChI is InChI=1S/C36H40BrN3O4S/c1-25(2)38-36(42)34(22-29-9-7-6-8-10-29)39(23-30-15-17-31(37)18-16-30)35(41)24-40(33-21-27(4)11-14-28(33)5)45(43,44)32-19-12-26(3)13-20-32/h6-21,25,34H,22-24H2,1-5H3,(H,38,42)/t34-/m1/s1. The van der Waals surface area contributed by atoms with Crippen molar-refractivity contribution in [3.05, 3.63) is 129 Å². The lowest BCUT2D eigenvalue weighted by Crippen LogP contribution is -2.54. The van der Waals surface area contributed by atoms with Gasteiger partial charge >= 0.3 is 0 Å². The summed E-state index contributed by atoms with van der Waals surface area (Å²) in [4.78, 5) is 30.0. The van der Waals surface area contributed by atoms with Gasteiger partial charge in [0, 0.05) is 23.5 Å². The van der Waals surface area contributed by atoms with E-state index in [4.69, 9.17) is 0 Å². The summed E-state index contributed by atoms with van der Waals surface area (Å²) < 4.78 is 30.6. The van der Waals surface area contributed by atoms with Gasteiger partial charge in [0.1, 0.15) is 12.6 Å². The molecule has 1 N–H and O–H groups in total. The normalized spacial score (nSPS) is 12.1. The Morgan fingerprint density at radius 2 is 1.42 bits per heavy atom. The number of hydrogen-bond donors (Lipinski definition) is 1. The largest absolute Gasteiger partial charge is 0.352 e. The Balaban J connectivity index is 1.83. The Bertz CT molecular complexity index is 1720. The fraction of sp³-hybridized carbons (Fsp3) is 0.278. The maximum absolute atomic E-state index is 14.6. The maximum atomic E-state index is 14.6. The molecule has 7 nitrogen and oxygen atoms in total. The summed E-state index contributed by atoms with van der Waals surface area (Å²) in [7, 11) is -4.16. The number of carbonyl (C=O) groups is 2. The number of carbonyl (C=O) groups excluding carboxylic acids is 2. The van der Waals surface area contributed by atoms with Crippen molar-refractivity contribution >= 4 is 43.5 Å². The van der Waals surface area contributed by atoms with Crippen LogP contribution in [-0.4, -0.2) is 43.8 Å². The molecule has 4 aromatic carbocycles. The summed E-state index contributed by atoms with van der Waals surface area (Å²) in [6.07, 6.45) is 0.260. The lowest BCUT2D eigenvalue weighted by molar-refractivity contribution is -0.140. The van der Waals surface area contributed by atoms with E-state index >= 15 is 0 Å². The molecule has 45 heavy (non-hydrogen) atoms. The highest BCUT2D eigenvalue weighted by Crippen LogP contribution is 2.29. The smallest absolute Gasteiger partial charge is 0.264 e. The van der Waals surface area contributed by atoms with Crippen molar-refractivity contribution < 1.29 is 18.0 Å². The first-order valence-corrected chi connectivity index (χ1v) is 17.1. The van der Waals surface area contributed by atoms with Gasteiger partial charge < -0.3 is 10.2 Å². The second kappa shape index (κ2) is 14.9. The van der Waals surface area contributed by atoms with Gasteiger partial charge in [-0.25, -0.2) is 8.42 Å². The van der Waals surface area contributed by atoms with Gasteiger partial charge in [-0.3, -0.25) is 13.9 Å². The van der Waals surface area contributed by atoms with E-state index in [1.807, 2.05) is 101 Å². The van der Waals surface area contributed by atoms with Crippen LogP contribution in [0.5, 0.6) is 0 Å². The molecule has 0 bridgehead atoms.